The molecule has 2 rings (SSSR count). The molecule has 0 aliphatic heterocycles. The predicted octanol–water partition coefficient (Wildman–Crippen LogP) is 3.18. The predicted molar refractivity (Wildman–Crippen MR) is 79.0 cm³/mol. The van der Waals surface area contributed by atoms with Gasteiger partial charge in [-0.25, -0.2) is 0 Å². The first-order chi connectivity index (χ1) is 9.19. The molecule has 1 aromatic carbocycles. The number of hydrogen-bond donors (Lipinski definition) is 2. The molecule has 2 aromatic rings. The van der Waals surface area contributed by atoms with Crippen molar-refractivity contribution < 1.29 is 9.84 Å². The van der Waals surface area contributed by atoms with Gasteiger partial charge < -0.3 is 15.2 Å². The van der Waals surface area contributed by atoms with Gasteiger partial charge in [-0.15, -0.1) is 11.3 Å². The van der Waals surface area contributed by atoms with Gasteiger partial charge in [0.25, 0.3) is 0 Å². The Morgan fingerprint density at radius 1 is 1.37 bits per heavy atom. The van der Waals surface area contributed by atoms with Crippen LogP contribution < -0.4 is 10.1 Å². The number of benzene rings is 1. The first kappa shape index (κ1) is 13.9. The van der Waals surface area contributed by atoms with Crippen LogP contribution in [0.2, 0.25) is 0 Å². The number of ether oxygens (including phenoxy) is 1. The Bertz CT molecular complexity index is 511. The maximum absolute atomic E-state index is 9.87. The van der Waals surface area contributed by atoms with Gasteiger partial charge >= 0.3 is 0 Å². The van der Waals surface area contributed by atoms with Crippen molar-refractivity contribution in [3.05, 3.63) is 46.2 Å². The van der Waals surface area contributed by atoms with E-state index >= 15 is 0 Å². The van der Waals surface area contributed by atoms with Crippen molar-refractivity contribution in [2.45, 2.75) is 25.9 Å². The molecule has 1 atom stereocenters. The largest absolute Gasteiger partial charge is 0.507 e. The number of hydrogen-bond acceptors (Lipinski definition) is 4. The number of methoxy groups -OCH3 is 1. The van der Waals surface area contributed by atoms with E-state index in [2.05, 4.69) is 29.8 Å². The minimum Gasteiger partial charge on any atom is -0.507 e. The highest BCUT2D eigenvalue weighted by atomic mass is 32.1. The van der Waals surface area contributed by atoms with Crippen LogP contribution in [-0.2, 0) is 13.0 Å². The fraction of sp³-hybridized carbons (Fsp3) is 0.333. The summed E-state index contributed by atoms with van der Waals surface area (Å²) in [7, 11) is 1.59. The number of phenols is 1. The van der Waals surface area contributed by atoms with E-state index in [1.54, 1.807) is 24.5 Å². The first-order valence-electron chi connectivity index (χ1n) is 6.30. The third-order valence-corrected chi connectivity index (χ3v) is 3.92. The van der Waals surface area contributed by atoms with Gasteiger partial charge in [0.2, 0.25) is 0 Å². The zero-order chi connectivity index (χ0) is 13.7. The molecule has 3 nitrogen and oxygen atoms in total. The summed E-state index contributed by atoms with van der Waals surface area (Å²) in [5, 5.41) is 15.4. The van der Waals surface area contributed by atoms with Gasteiger partial charge in [0.1, 0.15) is 11.5 Å². The number of phenolic OH excluding ortho intramolecular Hbond substituents is 1. The van der Waals surface area contributed by atoms with Gasteiger partial charge in [0.05, 0.1) is 7.11 Å². The summed E-state index contributed by atoms with van der Waals surface area (Å²) in [6.07, 6.45) is 1.01. The molecule has 1 aromatic heterocycles. The maximum atomic E-state index is 9.87. The van der Waals surface area contributed by atoms with Crippen molar-refractivity contribution in [3.8, 4) is 11.5 Å². The van der Waals surface area contributed by atoms with Crippen LogP contribution in [0.4, 0.5) is 0 Å². The molecule has 0 saturated heterocycles. The van der Waals surface area contributed by atoms with Gasteiger partial charge in [-0.1, -0.05) is 12.1 Å². The second-order valence-electron chi connectivity index (χ2n) is 4.56. The van der Waals surface area contributed by atoms with E-state index in [-0.39, 0.29) is 5.75 Å². The highest BCUT2D eigenvalue weighted by Gasteiger charge is 2.07. The monoisotopic (exact) mass is 277 g/mol. The van der Waals surface area contributed by atoms with Crippen LogP contribution in [0.15, 0.2) is 35.7 Å². The Morgan fingerprint density at radius 2 is 2.21 bits per heavy atom. The van der Waals surface area contributed by atoms with Crippen molar-refractivity contribution in [1.82, 2.24) is 5.32 Å². The number of thiophene rings is 1. The molecule has 0 aliphatic rings. The number of nitrogens with one attached hydrogen (secondary N) is 1. The van der Waals surface area contributed by atoms with Crippen LogP contribution in [0, 0.1) is 0 Å². The van der Waals surface area contributed by atoms with Crippen LogP contribution in [0.25, 0.3) is 0 Å². The lowest BCUT2D eigenvalue weighted by atomic mass is 10.1. The molecule has 0 radical (unpaired) electrons. The number of aromatic hydroxyl groups is 1. The number of rotatable bonds is 6. The van der Waals surface area contributed by atoms with Crippen LogP contribution in [0.1, 0.15) is 17.4 Å². The van der Waals surface area contributed by atoms with Crippen LogP contribution in [-0.4, -0.2) is 18.3 Å². The molecular formula is C15H19NO2S. The molecule has 2 N–H and O–H groups in total. The molecule has 102 valence electrons. The molecule has 0 spiro atoms. The van der Waals surface area contributed by atoms with Gasteiger partial charge in [-0.05, 0) is 30.9 Å². The summed E-state index contributed by atoms with van der Waals surface area (Å²) >= 11 is 1.78. The van der Waals surface area contributed by atoms with Crippen LogP contribution in [0.3, 0.4) is 0 Å². The summed E-state index contributed by atoms with van der Waals surface area (Å²) in [5.41, 5.74) is 0.888. The molecule has 4 heteroatoms. The van der Waals surface area contributed by atoms with E-state index in [0.29, 0.717) is 18.3 Å². The summed E-state index contributed by atoms with van der Waals surface area (Å²) in [5.74, 6) is 0.947. The minimum absolute atomic E-state index is 0.273. The Kier molecular flexibility index (Phi) is 4.82. The Labute approximate surface area is 117 Å². The highest BCUT2D eigenvalue weighted by Crippen LogP contribution is 2.23. The fourth-order valence-corrected chi connectivity index (χ4v) is 2.74. The van der Waals surface area contributed by atoms with Gasteiger partial charge in [0.15, 0.2) is 0 Å². The lowest BCUT2D eigenvalue weighted by Gasteiger charge is -2.14. The van der Waals surface area contributed by atoms with E-state index in [1.165, 1.54) is 4.88 Å². The Morgan fingerprint density at radius 3 is 2.84 bits per heavy atom. The molecule has 0 aliphatic carbocycles. The van der Waals surface area contributed by atoms with Crippen molar-refractivity contribution in [2.24, 2.45) is 0 Å². The van der Waals surface area contributed by atoms with E-state index < -0.39 is 0 Å². The molecule has 1 unspecified atom stereocenters. The van der Waals surface area contributed by atoms with Crippen LogP contribution >= 0.6 is 11.3 Å². The smallest absolute Gasteiger partial charge is 0.123 e. The third kappa shape index (κ3) is 3.98. The van der Waals surface area contributed by atoms with Gasteiger partial charge in [-0.3, -0.25) is 0 Å². The highest BCUT2D eigenvalue weighted by molar-refractivity contribution is 7.09. The Hall–Kier alpha value is -1.52. The second-order valence-corrected chi connectivity index (χ2v) is 5.59. The van der Waals surface area contributed by atoms with E-state index in [1.807, 2.05) is 12.1 Å². The summed E-state index contributed by atoms with van der Waals surface area (Å²) in [6.45, 7) is 2.81. The quantitative estimate of drug-likeness (QED) is 0.852. The fourth-order valence-electron chi connectivity index (χ4n) is 1.91. The average Bonchev–Trinajstić information content (AvgIpc) is 2.90. The lowest BCUT2D eigenvalue weighted by molar-refractivity contribution is 0.405. The molecular weight excluding hydrogens is 258 g/mol. The zero-order valence-corrected chi connectivity index (χ0v) is 12.0. The molecule has 0 bridgehead atoms. The van der Waals surface area contributed by atoms with Crippen molar-refractivity contribution in [3.63, 3.8) is 0 Å². The first-order valence-corrected chi connectivity index (χ1v) is 7.18. The summed E-state index contributed by atoms with van der Waals surface area (Å²) in [4.78, 5) is 1.37. The van der Waals surface area contributed by atoms with E-state index in [9.17, 15) is 5.11 Å². The van der Waals surface area contributed by atoms with Crippen LogP contribution in [0.5, 0.6) is 11.5 Å². The Balaban J connectivity index is 1.88. The van der Waals surface area contributed by atoms with E-state index in [0.717, 1.165) is 12.0 Å². The second kappa shape index (κ2) is 6.59. The normalized spacial score (nSPS) is 12.3. The van der Waals surface area contributed by atoms with Crippen molar-refractivity contribution in [2.75, 3.05) is 7.11 Å². The minimum atomic E-state index is 0.273. The maximum Gasteiger partial charge on any atom is 0.123 e. The molecule has 0 saturated carbocycles. The molecule has 0 fully saturated rings. The topological polar surface area (TPSA) is 41.5 Å². The third-order valence-electron chi connectivity index (χ3n) is 3.02. The summed E-state index contributed by atoms with van der Waals surface area (Å²) < 4.78 is 5.07. The van der Waals surface area contributed by atoms with E-state index in [4.69, 9.17) is 4.74 Å². The lowest BCUT2D eigenvalue weighted by Crippen LogP contribution is -2.27. The zero-order valence-electron chi connectivity index (χ0n) is 11.2. The van der Waals surface area contributed by atoms with Crippen molar-refractivity contribution in [1.29, 1.82) is 0 Å². The molecule has 1 heterocycles. The standard InChI is InChI=1S/C15H19NO2S/c1-11(8-14-4-3-7-19-14)16-10-12-5-6-13(18-2)9-15(12)17/h3-7,9,11,16-17H,8,10H2,1-2H3. The summed E-state index contributed by atoms with van der Waals surface area (Å²) in [6, 6.07) is 9.98. The van der Waals surface area contributed by atoms with Gasteiger partial charge in [0, 0.05) is 29.1 Å². The SMILES string of the molecule is COc1ccc(CNC(C)Cc2cccs2)c(O)c1. The molecule has 0 amide bonds. The average molecular weight is 277 g/mol. The van der Waals surface area contributed by atoms with Gasteiger partial charge in [-0.2, -0.15) is 0 Å². The van der Waals surface area contributed by atoms with Crippen molar-refractivity contribution >= 4 is 11.3 Å². The molecule has 19 heavy (non-hydrogen) atoms.